The lowest BCUT2D eigenvalue weighted by Gasteiger charge is -2.11. The van der Waals surface area contributed by atoms with Crippen LogP contribution in [0.3, 0.4) is 0 Å². The second-order valence-corrected chi connectivity index (χ2v) is 3.37. The lowest BCUT2D eigenvalue weighted by molar-refractivity contribution is -0.121. The quantitative estimate of drug-likeness (QED) is 0.477. The molecule has 0 saturated carbocycles. The van der Waals surface area contributed by atoms with Crippen LogP contribution >= 0.6 is 0 Å². The summed E-state index contributed by atoms with van der Waals surface area (Å²) >= 11 is 0. The van der Waals surface area contributed by atoms with Crippen molar-refractivity contribution in [3.8, 4) is 0 Å². The number of hydrogen-bond donors (Lipinski definition) is 3. The Bertz CT molecular complexity index is 371. The van der Waals surface area contributed by atoms with E-state index in [0.29, 0.717) is 6.42 Å². The number of carbonyl (C=O) groups is 1. The van der Waals surface area contributed by atoms with Crippen LogP contribution in [0.2, 0.25) is 0 Å². The number of nitrogens with zero attached hydrogens (tertiary/aromatic N) is 1. The van der Waals surface area contributed by atoms with E-state index < -0.39 is 6.04 Å². The molecule has 0 heterocycles. The van der Waals surface area contributed by atoms with Crippen LogP contribution in [0.25, 0.3) is 0 Å². The number of nitrogens with one attached hydrogen (secondary N) is 1. The zero-order valence-electron chi connectivity index (χ0n) is 9.18. The Morgan fingerprint density at radius 3 is 2.50 bits per heavy atom. The molecule has 0 aliphatic heterocycles. The summed E-state index contributed by atoms with van der Waals surface area (Å²) in [7, 11) is 1.56. The van der Waals surface area contributed by atoms with Gasteiger partial charge in [0.15, 0.2) is 5.96 Å². The third-order valence-corrected chi connectivity index (χ3v) is 2.13. The van der Waals surface area contributed by atoms with Crippen molar-refractivity contribution in [2.75, 3.05) is 7.05 Å². The number of carbonyl (C=O) groups excluding carboxylic acids is 1. The van der Waals surface area contributed by atoms with E-state index in [1.54, 1.807) is 7.05 Å². The summed E-state index contributed by atoms with van der Waals surface area (Å²) in [6.45, 7) is 0. The number of benzene rings is 1. The van der Waals surface area contributed by atoms with Crippen LogP contribution in [-0.2, 0) is 11.2 Å². The van der Waals surface area contributed by atoms with Crippen LogP contribution in [0.5, 0.6) is 0 Å². The smallest absolute Gasteiger partial charge is 0.245 e. The van der Waals surface area contributed by atoms with E-state index in [9.17, 15) is 4.79 Å². The standard InChI is InChI=1S/C11H16N4O/c1-14-10(16)9(15-11(12)13)7-8-5-3-2-4-6-8/h2-6,9H,7H2,1H3,(H,14,16)(H4,12,13,15)/t9-/m0/s1. The van der Waals surface area contributed by atoms with E-state index in [1.807, 2.05) is 30.3 Å². The minimum absolute atomic E-state index is 0.0791. The highest BCUT2D eigenvalue weighted by molar-refractivity contribution is 5.86. The van der Waals surface area contributed by atoms with Gasteiger partial charge in [-0.25, -0.2) is 4.99 Å². The van der Waals surface area contributed by atoms with Crippen molar-refractivity contribution >= 4 is 11.9 Å². The third kappa shape index (κ3) is 3.61. The molecule has 1 aromatic carbocycles. The predicted octanol–water partition coefficient (Wildman–Crippen LogP) is -0.383. The minimum atomic E-state index is -0.572. The third-order valence-electron chi connectivity index (χ3n) is 2.13. The topological polar surface area (TPSA) is 93.5 Å². The van der Waals surface area contributed by atoms with Gasteiger partial charge in [0.25, 0.3) is 0 Å². The number of amides is 1. The Labute approximate surface area is 94.5 Å². The minimum Gasteiger partial charge on any atom is -0.370 e. The van der Waals surface area contributed by atoms with Gasteiger partial charge in [-0.1, -0.05) is 30.3 Å². The summed E-state index contributed by atoms with van der Waals surface area (Å²) in [5, 5.41) is 2.53. The first-order valence-corrected chi connectivity index (χ1v) is 4.97. The van der Waals surface area contributed by atoms with Crippen LogP contribution in [0, 0.1) is 0 Å². The second-order valence-electron chi connectivity index (χ2n) is 3.37. The van der Waals surface area contributed by atoms with Gasteiger partial charge in [0.05, 0.1) is 0 Å². The summed E-state index contributed by atoms with van der Waals surface area (Å²) in [4.78, 5) is 15.4. The molecule has 0 aliphatic carbocycles. The summed E-state index contributed by atoms with van der Waals surface area (Å²) in [6, 6.07) is 9.02. The van der Waals surface area contributed by atoms with Gasteiger partial charge in [0.1, 0.15) is 6.04 Å². The summed E-state index contributed by atoms with van der Waals surface area (Å²) in [5.41, 5.74) is 11.6. The maximum Gasteiger partial charge on any atom is 0.245 e. The van der Waals surface area contributed by atoms with Crippen LogP contribution in [-0.4, -0.2) is 25.0 Å². The number of aliphatic imine (C=N–C) groups is 1. The number of hydrogen-bond acceptors (Lipinski definition) is 2. The van der Waals surface area contributed by atoms with Gasteiger partial charge in [0, 0.05) is 13.5 Å². The molecule has 0 aliphatic rings. The van der Waals surface area contributed by atoms with Crippen molar-refractivity contribution in [3.05, 3.63) is 35.9 Å². The molecule has 1 amide bonds. The molecular formula is C11H16N4O. The molecule has 5 nitrogen and oxygen atoms in total. The molecule has 1 atom stereocenters. The average Bonchev–Trinajstić information content (AvgIpc) is 2.28. The van der Waals surface area contributed by atoms with E-state index in [-0.39, 0.29) is 11.9 Å². The van der Waals surface area contributed by atoms with Gasteiger partial charge >= 0.3 is 0 Å². The first-order chi connectivity index (χ1) is 7.63. The van der Waals surface area contributed by atoms with Crippen molar-refractivity contribution in [2.45, 2.75) is 12.5 Å². The first kappa shape index (κ1) is 12.0. The molecule has 16 heavy (non-hydrogen) atoms. The van der Waals surface area contributed by atoms with Gasteiger partial charge in [0.2, 0.25) is 5.91 Å². The van der Waals surface area contributed by atoms with Crippen LogP contribution in [0.1, 0.15) is 5.56 Å². The van der Waals surface area contributed by atoms with Crippen LogP contribution in [0.15, 0.2) is 35.3 Å². The molecule has 0 bridgehead atoms. The Kier molecular flexibility index (Phi) is 4.32. The molecule has 0 fully saturated rings. The molecule has 5 N–H and O–H groups in total. The highest BCUT2D eigenvalue weighted by Crippen LogP contribution is 2.05. The van der Waals surface area contributed by atoms with Crippen molar-refractivity contribution < 1.29 is 4.79 Å². The molecule has 1 aromatic rings. The molecule has 1 rings (SSSR count). The van der Waals surface area contributed by atoms with Crippen molar-refractivity contribution in [3.63, 3.8) is 0 Å². The highest BCUT2D eigenvalue weighted by Gasteiger charge is 2.16. The molecule has 0 radical (unpaired) electrons. The van der Waals surface area contributed by atoms with Crippen molar-refractivity contribution in [2.24, 2.45) is 16.5 Å². The zero-order valence-corrected chi connectivity index (χ0v) is 9.18. The number of guanidine groups is 1. The van der Waals surface area contributed by atoms with E-state index in [1.165, 1.54) is 0 Å². The number of rotatable bonds is 4. The van der Waals surface area contributed by atoms with E-state index in [4.69, 9.17) is 11.5 Å². The van der Waals surface area contributed by atoms with Gasteiger partial charge < -0.3 is 16.8 Å². The predicted molar refractivity (Wildman–Crippen MR) is 63.8 cm³/mol. The van der Waals surface area contributed by atoms with Gasteiger partial charge in [-0.2, -0.15) is 0 Å². The monoisotopic (exact) mass is 220 g/mol. The molecule has 0 saturated heterocycles. The Balaban J connectivity index is 2.79. The fraction of sp³-hybridized carbons (Fsp3) is 0.273. The Morgan fingerprint density at radius 2 is 2.00 bits per heavy atom. The average molecular weight is 220 g/mol. The number of nitrogens with two attached hydrogens (primary N) is 2. The summed E-state index contributed by atoms with van der Waals surface area (Å²) in [5.74, 6) is -0.276. The normalized spacial score (nSPS) is 11.6. The molecule has 86 valence electrons. The van der Waals surface area contributed by atoms with Gasteiger partial charge in [-0.05, 0) is 5.56 Å². The molecule has 0 spiro atoms. The SMILES string of the molecule is CNC(=O)[C@H](Cc1ccccc1)N=C(N)N. The molecule has 0 aromatic heterocycles. The fourth-order valence-electron chi connectivity index (χ4n) is 1.38. The molecule has 5 heteroatoms. The van der Waals surface area contributed by atoms with E-state index in [0.717, 1.165) is 5.56 Å². The second kappa shape index (κ2) is 5.75. The maximum absolute atomic E-state index is 11.5. The summed E-state index contributed by atoms with van der Waals surface area (Å²) < 4.78 is 0. The molecular weight excluding hydrogens is 204 g/mol. The van der Waals surface area contributed by atoms with E-state index >= 15 is 0 Å². The zero-order chi connectivity index (χ0) is 12.0. The largest absolute Gasteiger partial charge is 0.370 e. The maximum atomic E-state index is 11.5. The van der Waals surface area contributed by atoms with E-state index in [2.05, 4.69) is 10.3 Å². The lowest BCUT2D eigenvalue weighted by Crippen LogP contribution is -2.36. The van der Waals surface area contributed by atoms with Crippen molar-refractivity contribution in [1.82, 2.24) is 5.32 Å². The lowest BCUT2D eigenvalue weighted by atomic mass is 10.1. The fourth-order valence-corrected chi connectivity index (χ4v) is 1.38. The van der Waals surface area contributed by atoms with Crippen molar-refractivity contribution in [1.29, 1.82) is 0 Å². The summed E-state index contributed by atoms with van der Waals surface area (Å²) in [6.07, 6.45) is 0.485. The van der Waals surface area contributed by atoms with Gasteiger partial charge in [-0.3, -0.25) is 4.79 Å². The van der Waals surface area contributed by atoms with Crippen LogP contribution < -0.4 is 16.8 Å². The van der Waals surface area contributed by atoms with Gasteiger partial charge in [-0.15, -0.1) is 0 Å². The Morgan fingerprint density at radius 1 is 1.38 bits per heavy atom. The molecule has 0 unspecified atom stereocenters. The first-order valence-electron chi connectivity index (χ1n) is 4.97. The highest BCUT2D eigenvalue weighted by atomic mass is 16.2. The Hall–Kier alpha value is -2.04. The number of likely N-dealkylation sites (N-methyl/N-ethyl adjacent to an activating group) is 1. The van der Waals surface area contributed by atoms with Crippen LogP contribution in [0.4, 0.5) is 0 Å².